The van der Waals surface area contributed by atoms with Gasteiger partial charge in [0.25, 0.3) is 5.56 Å². The number of fused-ring (bicyclic) bond motifs is 3. The fraction of sp³-hybridized carbons (Fsp3) is 0.308. The lowest BCUT2D eigenvalue weighted by Crippen LogP contribution is -2.51. The summed E-state index contributed by atoms with van der Waals surface area (Å²) in [6.07, 6.45) is 1.19. The third-order valence-electron chi connectivity index (χ3n) is 6.50. The molecule has 0 unspecified atom stereocenters. The van der Waals surface area contributed by atoms with E-state index in [-0.39, 0.29) is 24.8 Å². The van der Waals surface area contributed by atoms with E-state index in [1.54, 1.807) is 45.7 Å². The highest BCUT2D eigenvalue weighted by Gasteiger charge is 2.26. The highest BCUT2D eigenvalue weighted by atomic mass is 19.1. The van der Waals surface area contributed by atoms with Crippen molar-refractivity contribution in [3.8, 4) is 0 Å². The van der Waals surface area contributed by atoms with E-state index in [1.165, 1.54) is 6.07 Å². The number of rotatable bonds is 5. The van der Waals surface area contributed by atoms with Gasteiger partial charge >= 0.3 is 6.09 Å². The van der Waals surface area contributed by atoms with Crippen LogP contribution < -0.4 is 5.56 Å². The molecular weight excluding hydrogens is 465 g/mol. The molecule has 2 aromatic heterocycles. The summed E-state index contributed by atoms with van der Waals surface area (Å²) < 4.78 is 22.4. The molecule has 3 heterocycles. The predicted molar refractivity (Wildman–Crippen MR) is 132 cm³/mol. The Morgan fingerprint density at radius 2 is 1.67 bits per heavy atom. The molecule has 0 spiro atoms. The molecule has 36 heavy (non-hydrogen) atoms. The van der Waals surface area contributed by atoms with Gasteiger partial charge < -0.3 is 19.1 Å². The van der Waals surface area contributed by atoms with E-state index in [0.29, 0.717) is 49.3 Å². The summed E-state index contributed by atoms with van der Waals surface area (Å²) in [6.45, 7) is 3.41. The summed E-state index contributed by atoms with van der Waals surface area (Å²) in [5.41, 5.74) is 1.19. The lowest BCUT2D eigenvalue weighted by molar-refractivity contribution is -0.133. The van der Waals surface area contributed by atoms with Crippen LogP contribution in [-0.4, -0.2) is 68.9 Å². The van der Waals surface area contributed by atoms with Crippen molar-refractivity contribution in [1.82, 2.24) is 24.1 Å². The van der Waals surface area contributed by atoms with Gasteiger partial charge in [-0.05, 0) is 19.1 Å². The van der Waals surface area contributed by atoms with E-state index >= 15 is 0 Å². The van der Waals surface area contributed by atoms with Gasteiger partial charge in [-0.2, -0.15) is 5.10 Å². The number of aromatic nitrogens is 3. The first kappa shape index (κ1) is 23.5. The van der Waals surface area contributed by atoms with Crippen molar-refractivity contribution in [2.45, 2.75) is 20.0 Å². The third-order valence-corrected chi connectivity index (χ3v) is 6.50. The molecule has 0 saturated carbocycles. The molecule has 0 bridgehead atoms. The molecule has 1 saturated heterocycles. The number of nitrogens with zero attached hydrogens (tertiary/aromatic N) is 5. The highest BCUT2D eigenvalue weighted by Crippen LogP contribution is 2.27. The van der Waals surface area contributed by atoms with Crippen LogP contribution in [0.5, 0.6) is 0 Å². The summed E-state index contributed by atoms with van der Waals surface area (Å²) in [6, 6.07) is 14.0. The fourth-order valence-corrected chi connectivity index (χ4v) is 4.65. The van der Waals surface area contributed by atoms with Crippen LogP contribution in [0.1, 0.15) is 12.5 Å². The van der Waals surface area contributed by atoms with Gasteiger partial charge in [0.1, 0.15) is 17.9 Å². The molecule has 0 atom stereocenters. The maximum atomic E-state index is 14.5. The number of halogens is 1. The number of para-hydroxylation sites is 1. The van der Waals surface area contributed by atoms with Gasteiger partial charge in [0.05, 0.1) is 19.3 Å². The molecule has 2 aromatic carbocycles. The summed E-state index contributed by atoms with van der Waals surface area (Å²) >= 11 is 0. The monoisotopic (exact) mass is 491 g/mol. The molecular formula is C26H26FN5O4. The maximum absolute atomic E-state index is 14.5. The smallest absolute Gasteiger partial charge is 0.409 e. The number of amides is 2. The molecule has 9 nitrogen and oxygen atoms in total. The summed E-state index contributed by atoms with van der Waals surface area (Å²) in [5.74, 6) is -0.612. The molecule has 10 heteroatoms. The van der Waals surface area contributed by atoms with Crippen molar-refractivity contribution < 1.29 is 18.7 Å². The maximum Gasteiger partial charge on any atom is 0.409 e. The predicted octanol–water partition coefficient (Wildman–Crippen LogP) is 2.84. The zero-order valence-corrected chi connectivity index (χ0v) is 19.9. The van der Waals surface area contributed by atoms with Crippen LogP contribution in [0, 0.1) is 5.82 Å². The van der Waals surface area contributed by atoms with E-state index in [9.17, 15) is 18.8 Å². The highest BCUT2D eigenvalue weighted by molar-refractivity contribution is 6.07. The van der Waals surface area contributed by atoms with Crippen LogP contribution in [0.15, 0.2) is 59.5 Å². The molecule has 1 aliphatic rings. The van der Waals surface area contributed by atoms with Crippen LogP contribution in [0.2, 0.25) is 0 Å². The Bertz CT molecular complexity index is 1500. The Kier molecular flexibility index (Phi) is 6.41. The van der Waals surface area contributed by atoms with Crippen molar-refractivity contribution in [3.63, 3.8) is 0 Å². The summed E-state index contributed by atoms with van der Waals surface area (Å²) in [4.78, 5) is 41.6. The lowest BCUT2D eigenvalue weighted by atomic mass is 10.2. The average Bonchev–Trinajstić information content (AvgIpc) is 3.21. The minimum atomic E-state index is -0.418. The van der Waals surface area contributed by atoms with E-state index in [2.05, 4.69) is 5.10 Å². The van der Waals surface area contributed by atoms with Crippen molar-refractivity contribution in [3.05, 3.63) is 76.5 Å². The van der Waals surface area contributed by atoms with E-state index in [0.717, 1.165) is 15.6 Å². The van der Waals surface area contributed by atoms with Crippen molar-refractivity contribution in [2.75, 3.05) is 32.8 Å². The zero-order chi connectivity index (χ0) is 25.2. The molecule has 186 valence electrons. The molecule has 2 amide bonds. The Morgan fingerprint density at radius 1 is 0.972 bits per heavy atom. The molecule has 1 fully saturated rings. The topological polar surface area (TPSA) is 89.7 Å². The first-order valence-corrected chi connectivity index (χ1v) is 11.9. The van der Waals surface area contributed by atoms with Crippen LogP contribution in [-0.2, 0) is 22.6 Å². The molecule has 4 aromatic rings. The average molecular weight is 492 g/mol. The van der Waals surface area contributed by atoms with Gasteiger partial charge in [-0.3, -0.25) is 9.59 Å². The number of carbonyl (C=O) groups is 2. The Labute approximate surface area is 206 Å². The second kappa shape index (κ2) is 9.80. The van der Waals surface area contributed by atoms with Crippen LogP contribution >= 0.6 is 0 Å². The Morgan fingerprint density at radius 3 is 2.42 bits per heavy atom. The van der Waals surface area contributed by atoms with Crippen LogP contribution in [0.25, 0.3) is 21.8 Å². The van der Waals surface area contributed by atoms with Gasteiger partial charge in [0.15, 0.2) is 0 Å². The van der Waals surface area contributed by atoms with Gasteiger partial charge in [-0.1, -0.05) is 36.4 Å². The normalized spacial score (nSPS) is 13.9. The molecule has 5 rings (SSSR count). The van der Waals surface area contributed by atoms with Gasteiger partial charge in [0, 0.05) is 48.0 Å². The quantitative estimate of drug-likeness (QED) is 0.428. The first-order valence-electron chi connectivity index (χ1n) is 11.9. The molecule has 0 N–H and O–H groups in total. The molecule has 1 aliphatic heterocycles. The minimum absolute atomic E-state index is 0.166. The Balaban J connectivity index is 1.45. The number of piperazine rings is 1. The number of carbonyl (C=O) groups excluding carboxylic acids is 2. The SMILES string of the molecule is CCOC(=O)N1CCN(C(=O)Cn2ncc3c4ccccc4n(Cc4ccccc4F)c3c2=O)CC1. The number of ether oxygens (including phenoxy) is 1. The van der Waals surface area contributed by atoms with Gasteiger partial charge in [0.2, 0.25) is 5.91 Å². The summed E-state index contributed by atoms with van der Waals surface area (Å²) in [7, 11) is 0. The fourth-order valence-electron chi connectivity index (χ4n) is 4.65. The van der Waals surface area contributed by atoms with E-state index in [4.69, 9.17) is 4.74 Å². The minimum Gasteiger partial charge on any atom is -0.450 e. The third kappa shape index (κ3) is 4.30. The van der Waals surface area contributed by atoms with Crippen molar-refractivity contribution in [1.29, 1.82) is 0 Å². The standard InChI is InChI=1S/C26H26FN5O4/c1-2-36-26(35)30-13-11-29(12-14-30)23(33)17-32-25(34)24-20(15-28-32)19-8-4-6-10-22(19)31(24)16-18-7-3-5-9-21(18)27/h3-10,15H,2,11-14,16-17H2,1H3. The number of hydrogen-bond acceptors (Lipinski definition) is 5. The van der Waals surface area contributed by atoms with Gasteiger partial charge in [-0.15, -0.1) is 0 Å². The lowest BCUT2D eigenvalue weighted by Gasteiger charge is -2.34. The second-order valence-corrected chi connectivity index (χ2v) is 8.63. The summed E-state index contributed by atoms with van der Waals surface area (Å²) in [5, 5.41) is 5.77. The van der Waals surface area contributed by atoms with E-state index in [1.807, 2.05) is 24.3 Å². The largest absolute Gasteiger partial charge is 0.450 e. The van der Waals surface area contributed by atoms with Crippen LogP contribution in [0.4, 0.5) is 9.18 Å². The second-order valence-electron chi connectivity index (χ2n) is 8.63. The Hall–Kier alpha value is -4.21. The van der Waals surface area contributed by atoms with Crippen LogP contribution in [0.3, 0.4) is 0 Å². The molecule has 0 radical (unpaired) electrons. The zero-order valence-electron chi connectivity index (χ0n) is 19.9. The van der Waals surface area contributed by atoms with Crippen molar-refractivity contribution in [2.24, 2.45) is 0 Å². The number of benzene rings is 2. The van der Waals surface area contributed by atoms with Crippen molar-refractivity contribution >= 4 is 33.8 Å². The van der Waals surface area contributed by atoms with Gasteiger partial charge in [-0.25, -0.2) is 13.9 Å². The van der Waals surface area contributed by atoms with E-state index < -0.39 is 11.7 Å². The first-order chi connectivity index (χ1) is 17.5. The molecule has 0 aliphatic carbocycles. The number of hydrogen-bond donors (Lipinski definition) is 0.